The van der Waals surface area contributed by atoms with E-state index < -0.39 is 11.0 Å². The van der Waals surface area contributed by atoms with Gasteiger partial charge in [0.2, 0.25) is 0 Å². The van der Waals surface area contributed by atoms with Crippen molar-refractivity contribution in [1.29, 1.82) is 0 Å². The van der Waals surface area contributed by atoms with Crippen LogP contribution in [0.15, 0.2) is 12.2 Å². The number of amides is 1. The molecule has 1 amide bonds. The maximum absolute atomic E-state index is 13.4. The molecule has 2 aliphatic rings. The molecule has 0 aliphatic carbocycles. The zero-order valence-corrected chi connectivity index (χ0v) is 20.2. The molecule has 0 aromatic rings. The second-order valence-electron chi connectivity index (χ2n) is 10.2. The molecule has 0 spiro atoms. The Kier molecular flexibility index (Phi) is 9.28. The molecule has 176 valence electrons. The molecule has 2 aliphatic heterocycles. The highest BCUT2D eigenvalue weighted by Crippen LogP contribution is 2.39. The number of rotatable bonds is 4. The van der Waals surface area contributed by atoms with Crippen LogP contribution in [0.25, 0.3) is 0 Å². The lowest BCUT2D eigenvalue weighted by Crippen LogP contribution is -2.52. The van der Waals surface area contributed by atoms with Gasteiger partial charge >= 0.3 is 6.09 Å². The van der Waals surface area contributed by atoms with Crippen LogP contribution in [0, 0.1) is 11.3 Å². The fraction of sp³-hybridized carbons (Fsp3) is 0.800. The highest BCUT2D eigenvalue weighted by Gasteiger charge is 2.47. The Bertz CT molecular complexity index is 672. The van der Waals surface area contributed by atoms with E-state index in [1.165, 1.54) is 0 Å². The minimum atomic E-state index is -0.661. The standard InChI is InChI=1S/C25H42N2O4/c1-19(2)22(29)25-14-12-21(28)24(5,26-20(3)4)13-10-8-6-7-9-11-17-31-23(30)27(18-25)16-15-25/h9,11,19-20,26H,6-8,10,12-18H2,1-5H3/t24-,25+/m0/s1. The number of carbonyl (C=O) groups excluding carboxylic acids is 3. The van der Waals surface area contributed by atoms with Gasteiger partial charge in [-0.15, -0.1) is 0 Å². The molecule has 0 aromatic heterocycles. The van der Waals surface area contributed by atoms with Gasteiger partial charge in [-0.25, -0.2) is 4.79 Å². The predicted octanol–water partition coefficient (Wildman–Crippen LogP) is 4.67. The normalized spacial score (nSPS) is 29.3. The number of Topliss-reactive ketones (excluding diaryl/α,β-unsaturated/α-hetero) is 2. The zero-order chi connectivity index (χ0) is 23.1. The van der Waals surface area contributed by atoms with E-state index in [0.717, 1.165) is 32.1 Å². The van der Waals surface area contributed by atoms with Gasteiger partial charge in [0.25, 0.3) is 0 Å². The number of allylic oxidation sites excluding steroid dienone is 1. The van der Waals surface area contributed by atoms with Crippen molar-refractivity contribution in [2.45, 2.75) is 97.6 Å². The van der Waals surface area contributed by atoms with Crippen LogP contribution in [0.1, 0.15) is 86.0 Å². The van der Waals surface area contributed by atoms with Crippen LogP contribution in [0.5, 0.6) is 0 Å². The van der Waals surface area contributed by atoms with Crippen LogP contribution in [0.3, 0.4) is 0 Å². The summed E-state index contributed by atoms with van der Waals surface area (Å²) in [6.45, 7) is 11.0. The SMILES string of the molecule is CC(C)N[C@@]1(C)CCCCCC=CCOC(=O)N2CC[C@](C(=O)C(C)C)(CCC1=O)C2. The maximum atomic E-state index is 13.4. The molecule has 0 aromatic carbocycles. The molecule has 0 unspecified atom stereocenters. The van der Waals surface area contributed by atoms with Gasteiger partial charge in [-0.05, 0) is 52.9 Å². The van der Waals surface area contributed by atoms with Crippen LogP contribution in [0.2, 0.25) is 0 Å². The summed E-state index contributed by atoms with van der Waals surface area (Å²) >= 11 is 0. The number of ketones is 2. The molecule has 1 saturated heterocycles. The van der Waals surface area contributed by atoms with Crippen LogP contribution >= 0.6 is 0 Å². The first kappa shape index (κ1) is 25.6. The second kappa shape index (κ2) is 11.3. The van der Waals surface area contributed by atoms with E-state index in [1.54, 1.807) is 4.90 Å². The molecule has 1 N–H and O–H groups in total. The van der Waals surface area contributed by atoms with E-state index in [2.05, 4.69) is 25.2 Å². The monoisotopic (exact) mass is 434 g/mol. The summed E-state index contributed by atoms with van der Waals surface area (Å²) in [6.07, 6.45) is 9.83. The van der Waals surface area contributed by atoms with Gasteiger partial charge in [-0.3, -0.25) is 9.59 Å². The largest absolute Gasteiger partial charge is 0.445 e. The van der Waals surface area contributed by atoms with Crippen LogP contribution < -0.4 is 5.32 Å². The van der Waals surface area contributed by atoms with Crippen LogP contribution in [-0.2, 0) is 14.3 Å². The number of hydrogen-bond acceptors (Lipinski definition) is 5. The van der Waals surface area contributed by atoms with E-state index in [0.29, 0.717) is 32.4 Å². The lowest BCUT2D eigenvalue weighted by Gasteiger charge is -2.34. The third-order valence-electron chi connectivity index (χ3n) is 6.73. The van der Waals surface area contributed by atoms with Crippen molar-refractivity contribution in [3.8, 4) is 0 Å². The van der Waals surface area contributed by atoms with Gasteiger partial charge in [0.1, 0.15) is 12.4 Å². The van der Waals surface area contributed by atoms with Gasteiger partial charge in [-0.2, -0.15) is 0 Å². The molecule has 1 fully saturated rings. The topological polar surface area (TPSA) is 75.7 Å². The summed E-state index contributed by atoms with van der Waals surface area (Å²) in [5, 5.41) is 3.50. The molecule has 2 rings (SSSR count). The van der Waals surface area contributed by atoms with Crippen molar-refractivity contribution in [3.05, 3.63) is 12.2 Å². The smallest absolute Gasteiger partial charge is 0.410 e. The number of ether oxygens (including phenoxy) is 1. The summed E-state index contributed by atoms with van der Waals surface area (Å²) in [5.74, 6) is 0.178. The predicted molar refractivity (Wildman–Crippen MR) is 123 cm³/mol. The van der Waals surface area contributed by atoms with Crippen molar-refractivity contribution >= 4 is 17.7 Å². The first-order valence-electron chi connectivity index (χ1n) is 12.0. The molecule has 6 heteroatoms. The summed E-state index contributed by atoms with van der Waals surface area (Å²) < 4.78 is 5.39. The summed E-state index contributed by atoms with van der Waals surface area (Å²) in [5.41, 5.74) is -1.25. The maximum Gasteiger partial charge on any atom is 0.410 e. The van der Waals surface area contributed by atoms with Crippen molar-refractivity contribution < 1.29 is 19.1 Å². The Balaban J connectivity index is 2.26. The Labute approximate surface area is 188 Å². The third-order valence-corrected chi connectivity index (χ3v) is 6.73. The highest BCUT2D eigenvalue weighted by atomic mass is 16.6. The van der Waals surface area contributed by atoms with E-state index in [4.69, 9.17) is 4.74 Å². The lowest BCUT2D eigenvalue weighted by atomic mass is 9.73. The van der Waals surface area contributed by atoms with Gasteiger partial charge < -0.3 is 15.0 Å². The Hall–Kier alpha value is -1.69. The van der Waals surface area contributed by atoms with Crippen molar-refractivity contribution in [3.63, 3.8) is 0 Å². The van der Waals surface area contributed by atoms with E-state index in [-0.39, 0.29) is 36.2 Å². The molecule has 0 radical (unpaired) electrons. The average molecular weight is 435 g/mol. The second-order valence-corrected chi connectivity index (χ2v) is 10.2. The molecule has 31 heavy (non-hydrogen) atoms. The Morgan fingerprint density at radius 2 is 1.81 bits per heavy atom. The minimum absolute atomic E-state index is 0.136. The zero-order valence-electron chi connectivity index (χ0n) is 20.2. The molecule has 0 saturated carbocycles. The fourth-order valence-electron chi connectivity index (χ4n) is 5.04. The lowest BCUT2D eigenvalue weighted by molar-refractivity contribution is -0.133. The molecule has 2 bridgehead atoms. The number of hydrogen-bond donors (Lipinski definition) is 1. The summed E-state index contributed by atoms with van der Waals surface area (Å²) in [6, 6.07) is 0.203. The van der Waals surface area contributed by atoms with Crippen molar-refractivity contribution in [2.75, 3.05) is 19.7 Å². The highest BCUT2D eigenvalue weighted by molar-refractivity contribution is 5.91. The first-order chi connectivity index (χ1) is 14.6. The first-order valence-corrected chi connectivity index (χ1v) is 12.0. The van der Waals surface area contributed by atoms with E-state index in [1.807, 2.05) is 26.8 Å². The fourth-order valence-corrected chi connectivity index (χ4v) is 5.04. The molecule has 6 nitrogen and oxygen atoms in total. The number of carbonyl (C=O) groups is 3. The van der Waals surface area contributed by atoms with Crippen molar-refractivity contribution in [1.82, 2.24) is 10.2 Å². The minimum Gasteiger partial charge on any atom is -0.445 e. The molecule has 2 atom stereocenters. The summed E-state index contributed by atoms with van der Waals surface area (Å²) in [7, 11) is 0. The van der Waals surface area contributed by atoms with Crippen LogP contribution in [0.4, 0.5) is 4.79 Å². The molecular formula is C25H42N2O4. The number of nitrogens with zero attached hydrogens (tertiary/aromatic N) is 1. The third kappa shape index (κ3) is 6.90. The Morgan fingerprint density at radius 3 is 2.48 bits per heavy atom. The molecule has 2 heterocycles. The van der Waals surface area contributed by atoms with Crippen LogP contribution in [-0.4, -0.2) is 53.8 Å². The van der Waals surface area contributed by atoms with Gasteiger partial charge in [0.15, 0.2) is 5.78 Å². The number of nitrogens with one attached hydrogen (secondary N) is 1. The number of cyclic esters (lactones) is 1. The number of fused-ring (bicyclic) bond motifs is 2. The van der Waals surface area contributed by atoms with E-state index in [9.17, 15) is 14.4 Å². The molecular weight excluding hydrogens is 392 g/mol. The quantitative estimate of drug-likeness (QED) is 0.651. The average Bonchev–Trinajstić information content (AvgIpc) is 3.14. The van der Waals surface area contributed by atoms with E-state index >= 15 is 0 Å². The summed E-state index contributed by atoms with van der Waals surface area (Å²) in [4.78, 5) is 40.8. The van der Waals surface area contributed by atoms with Gasteiger partial charge in [0, 0.05) is 36.9 Å². The van der Waals surface area contributed by atoms with Gasteiger partial charge in [0.05, 0.1) is 5.54 Å². The Morgan fingerprint density at radius 1 is 1.06 bits per heavy atom. The van der Waals surface area contributed by atoms with Gasteiger partial charge in [-0.1, -0.05) is 38.8 Å². The van der Waals surface area contributed by atoms with Crippen molar-refractivity contribution in [2.24, 2.45) is 11.3 Å².